The summed E-state index contributed by atoms with van der Waals surface area (Å²) in [5.74, 6) is -0.481. The summed E-state index contributed by atoms with van der Waals surface area (Å²) >= 11 is 0. The summed E-state index contributed by atoms with van der Waals surface area (Å²) in [6.45, 7) is 0.466. The highest BCUT2D eigenvalue weighted by molar-refractivity contribution is 6.00. The van der Waals surface area contributed by atoms with Crippen molar-refractivity contribution in [3.05, 3.63) is 59.7 Å². The molecule has 2 aromatic carbocycles. The molecule has 2 amide bonds. The van der Waals surface area contributed by atoms with Gasteiger partial charge in [0.2, 0.25) is 11.8 Å². The number of hydrogen-bond donors (Lipinski definition) is 1. The van der Waals surface area contributed by atoms with Gasteiger partial charge in [0.1, 0.15) is 5.75 Å². The average Bonchev–Trinajstić information content (AvgIpc) is 3.10. The van der Waals surface area contributed by atoms with Crippen LogP contribution in [0.2, 0.25) is 0 Å². The van der Waals surface area contributed by atoms with E-state index in [0.717, 1.165) is 23.4 Å². The second-order valence-electron chi connectivity index (χ2n) is 6.84. The second kappa shape index (κ2) is 8.55. The molecule has 1 aliphatic rings. The maximum Gasteiger partial charge on any atom is 0.416 e. The number of ether oxygens (including phenoxy) is 1. The van der Waals surface area contributed by atoms with Gasteiger partial charge < -0.3 is 15.0 Å². The van der Waals surface area contributed by atoms with Gasteiger partial charge in [0.05, 0.1) is 18.6 Å². The highest BCUT2D eigenvalue weighted by Crippen LogP contribution is 2.33. The van der Waals surface area contributed by atoms with Crippen LogP contribution in [0.1, 0.15) is 17.5 Å². The Morgan fingerprint density at radius 3 is 2.59 bits per heavy atom. The molecule has 2 aromatic rings. The molecular weight excluding hydrogens is 385 g/mol. The van der Waals surface area contributed by atoms with Gasteiger partial charge in [0.15, 0.2) is 0 Å². The molecule has 3 rings (SSSR count). The molecule has 0 aromatic heterocycles. The first-order valence-corrected chi connectivity index (χ1v) is 9.16. The van der Waals surface area contributed by atoms with Gasteiger partial charge in [-0.25, -0.2) is 0 Å². The maximum atomic E-state index is 12.9. The molecule has 1 saturated heterocycles. The second-order valence-corrected chi connectivity index (χ2v) is 6.84. The van der Waals surface area contributed by atoms with Crippen LogP contribution in [0.4, 0.5) is 18.9 Å². The molecule has 29 heavy (non-hydrogen) atoms. The van der Waals surface area contributed by atoms with Crippen LogP contribution in [-0.2, 0) is 22.2 Å². The molecule has 1 N–H and O–H groups in total. The van der Waals surface area contributed by atoms with Crippen LogP contribution in [0.25, 0.3) is 0 Å². The molecule has 5 nitrogen and oxygen atoms in total. The molecule has 1 fully saturated rings. The van der Waals surface area contributed by atoms with Gasteiger partial charge in [-0.1, -0.05) is 18.2 Å². The molecular formula is C21H21F3N2O3. The van der Waals surface area contributed by atoms with Crippen molar-refractivity contribution >= 4 is 17.5 Å². The fourth-order valence-corrected chi connectivity index (χ4v) is 3.25. The minimum atomic E-state index is -4.49. The lowest BCUT2D eigenvalue weighted by molar-refractivity contribution is -0.137. The number of halogens is 3. The SMILES string of the molecule is COc1ccc(CCNC(=O)[C@@H]2CC(=O)N(c3cccc(C(F)(F)F)c3)C2)cc1. The van der Waals surface area contributed by atoms with Crippen LogP contribution in [0.3, 0.4) is 0 Å². The van der Waals surface area contributed by atoms with Crippen LogP contribution >= 0.6 is 0 Å². The van der Waals surface area contributed by atoms with E-state index in [1.807, 2.05) is 24.3 Å². The van der Waals surface area contributed by atoms with E-state index in [1.165, 1.54) is 17.0 Å². The van der Waals surface area contributed by atoms with E-state index in [2.05, 4.69) is 5.32 Å². The summed E-state index contributed by atoms with van der Waals surface area (Å²) < 4.78 is 43.8. The average molecular weight is 406 g/mol. The van der Waals surface area contributed by atoms with E-state index < -0.39 is 17.7 Å². The van der Waals surface area contributed by atoms with Crippen molar-refractivity contribution in [2.24, 2.45) is 5.92 Å². The highest BCUT2D eigenvalue weighted by Gasteiger charge is 2.36. The van der Waals surface area contributed by atoms with Crippen LogP contribution in [0.15, 0.2) is 48.5 Å². The predicted octanol–water partition coefficient (Wildman–Crippen LogP) is 3.43. The third kappa shape index (κ3) is 5.07. The van der Waals surface area contributed by atoms with Crippen molar-refractivity contribution in [3.8, 4) is 5.75 Å². The van der Waals surface area contributed by atoms with E-state index in [1.54, 1.807) is 7.11 Å². The topological polar surface area (TPSA) is 58.6 Å². The summed E-state index contributed by atoms with van der Waals surface area (Å²) in [4.78, 5) is 25.9. The summed E-state index contributed by atoms with van der Waals surface area (Å²) in [5.41, 5.74) is 0.354. The standard InChI is InChI=1S/C21H21F3N2O3/c1-29-18-7-5-14(6-8-18)9-10-25-20(28)15-11-19(27)26(13-15)17-4-2-3-16(12-17)21(22,23)24/h2-8,12,15H,9-11,13H2,1H3,(H,25,28)/t15-/m1/s1. The molecule has 0 unspecified atom stereocenters. The van der Waals surface area contributed by atoms with Crippen molar-refractivity contribution in [1.82, 2.24) is 5.32 Å². The van der Waals surface area contributed by atoms with Crippen LogP contribution in [0, 0.1) is 5.92 Å². The van der Waals surface area contributed by atoms with Gasteiger partial charge >= 0.3 is 6.18 Å². The van der Waals surface area contributed by atoms with Crippen LogP contribution in [0.5, 0.6) is 5.75 Å². The third-order valence-electron chi connectivity index (χ3n) is 4.85. The van der Waals surface area contributed by atoms with E-state index in [-0.39, 0.29) is 30.5 Å². The Hall–Kier alpha value is -3.03. The predicted molar refractivity (Wildman–Crippen MR) is 102 cm³/mol. The Balaban J connectivity index is 1.56. The van der Waals surface area contributed by atoms with Crippen molar-refractivity contribution in [2.75, 3.05) is 25.1 Å². The van der Waals surface area contributed by atoms with Gasteiger partial charge in [-0.05, 0) is 42.3 Å². The van der Waals surface area contributed by atoms with E-state index >= 15 is 0 Å². The van der Waals surface area contributed by atoms with Gasteiger partial charge in [0.25, 0.3) is 0 Å². The first-order valence-electron chi connectivity index (χ1n) is 9.16. The van der Waals surface area contributed by atoms with Crippen LogP contribution in [-0.4, -0.2) is 32.0 Å². The summed E-state index contributed by atoms with van der Waals surface area (Å²) in [6.07, 6.45) is -3.89. The monoisotopic (exact) mass is 406 g/mol. The lowest BCUT2D eigenvalue weighted by atomic mass is 10.1. The zero-order valence-corrected chi connectivity index (χ0v) is 15.8. The zero-order chi connectivity index (χ0) is 21.0. The molecule has 1 atom stereocenters. The van der Waals surface area contributed by atoms with Gasteiger partial charge in [-0.3, -0.25) is 9.59 Å². The Kier molecular flexibility index (Phi) is 6.10. The van der Waals surface area contributed by atoms with Gasteiger partial charge in [-0.2, -0.15) is 13.2 Å². The number of anilines is 1. The van der Waals surface area contributed by atoms with Gasteiger partial charge in [0, 0.05) is 25.2 Å². The zero-order valence-electron chi connectivity index (χ0n) is 15.8. The Morgan fingerprint density at radius 1 is 1.21 bits per heavy atom. The Morgan fingerprint density at radius 2 is 1.93 bits per heavy atom. The lowest BCUT2D eigenvalue weighted by Crippen LogP contribution is -2.34. The van der Waals surface area contributed by atoms with Gasteiger partial charge in [-0.15, -0.1) is 0 Å². The molecule has 0 spiro atoms. The number of amides is 2. The van der Waals surface area contributed by atoms with Crippen molar-refractivity contribution < 1.29 is 27.5 Å². The van der Waals surface area contributed by atoms with Crippen molar-refractivity contribution in [1.29, 1.82) is 0 Å². The third-order valence-corrected chi connectivity index (χ3v) is 4.85. The van der Waals surface area contributed by atoms with E-state index in [0.29, 0.717) is 13.0 Å². The summed E-state index contributed by atoms with van der Waals surface area (Å²) in [6, 6.07) is 12.1. The number of carbonyl (C=O) groups excluding carboxylic acids is 2. The van der Waals surface area contributed by atoms with Crippen molar-refractivity contribution in [3.63, 3.8) is 0 Å². The Labute approximate surface area is 166 Å². The molecule has 0 saturated carbocycles. The smallest absolute Gasteiger partial charge is 0.416 e. The minimum absolute atomic E-state index is 0.0232. The molecule has 1 heterocycles. The largest absolute Gasteiger partial charge is 0.497 e. The van der Waals surface area contributed by atoms with E-state index in [9.17, 15) is 22.8 Å². The molecule has 0 bridgehead atoms. The Bertz CT molecular complexity index is 881. The highest BCUT2D eigenvalue weighted by atomic mass is 19.4. The first-order chi connectivity index (χ1) is 13.8. The number of nitrogens with one attached hydrogen (secondary N) is 1. The molecule has 154 valence electrons. The number of methoxy groups -OCH3 is 1. The fraction of sp³-hybridized carbons (Fsp3) is 0.333. The number of rotatable bonds is 6. The summed E-state index contributed by atoms with van der Waals surface area (Å²) in [5, 5.41) is 2.80. The number of hydrogen-bond acceptors (Lipinski definition) is 3. The molecule has 8 heteroatoms. The first kappa shape index (κ1) is 20.7. The number of alkyl halides is 3. The van der Waals surface area contributed by atoms with Crippen LogP contribution < -0.4 is 15.0 Å². The molecule has 1 aliphatic heterocycles. The van der Waals surface area contributed by atoms with E-state index in [4.69, 9.17) is 4.74 Å². The number of carbonyl (C=O) groups is 2. The molecule has 0 radical (unpaired) electrons. The quantitative estimate of drug-likeness (QED) is 0.800. The minimum Gasteiger partial charge on any atom is -0.497 e. The lowest BCUT2D eigenvalue weighted by Gasteiger charge is -2.18. The number of benzene rings is 2. The maximum absolute atomic E-state index is 12.9. The summed E-state index contributed by atoms with van der Waals surface area (Å²) in [7, 11) is 1.58. The molecule has 0 aliphatic carbocycles. The fourth-order valence-electron chi connectivity index (χ4n) is 3.25. The number of nitrogens with zero attached hydrogens (tertiary/aromatic N) is 1. The normalized spacial score (nSPS) is 16.8. The van der Waals surface area contributed by atoms with Crippen molar-refractivity contribution in [2.45, 2.75) is 19.0 Å².